The minimum atomic E-state index is -3.74. The third-order valence-corrected chi connectivity index (χ3v) is 5.02. The van der Waals surface area contributed by atoms with Crippen LogP contribution in [0.1, 0.15) is 11.7 Å². The number of imidazole rings is 1. The summed E-state index contributed by atoms with van der Waals surface area (Å²) < 4.78 is 30.1. The van der Waals surface area contributed by atoms with E-state index in [0.717, 1.165) is 10.9 Å². The van der Waals surface area contributed by atoms with Gasteiger partial charge in [-0.3, -0.25) is 0 Å². The van der Waals surface area contributed by atoms with Crippen LogP contribution in [0.25, 0.3) is 10.9 Å². The van der Waals surface area contributed by atoms with Crippen molar-refractivity contribution in [3.63, 3.8) is 0 Å². The molecule has 1 aromatic carbocycles. The van der Waals surface area contributed by atoms with E-state index >= 15 is 0 Å². The molecule has 0 bridgehead atoms. The molecule has 7 nitrogen and oxygen atoms in total. The predicted octanol–water partition coefficient (Wildman–Crippen LogP) is 0.924. The van der Waals surface area contributed by atoms with Crippen LogP contribution in [0.4, 0.5) is 0 Å². The molecule has 0 radical (unpaired) electrons. The summed E-state index contributed by atoms with van der Waals surface area (Å²) in [5.41, 5.74) is 1.67. The van der Waals surface area contributed by atoms with Crippen LogP contribution in [0, 0.1) is 0 Å². The Morgan fingerprint density at radius 3 is 2.70 bits per heavy atom. The lowest BCUT2D eigenvalue weighted by Crippen LogP contribution is -2.28. The zero-order valence-electron chi connectivity index (χ0n) is 12.8. The van der Waals surface area contributed by atoms with Crippen LogP contribution in [0.15, 0.2) is 48.0 Å². The lowest BCUT2D eigenvalue weighted by Gasteiger charge is -2.10. The topological polar surface area (TPSA) is 89.2 Å². The molecule has 0 saturated heterocycles. The molecule has 0 spiro atoms. The maximum atomic E-state index is 12.1. The van der Waals surface area contributed by atoms with Crippen molar-refractivity contribution in [3.8, 4) is 0 Å². The molecule has 122 valence electrons. The molecule has 0 aliphatic carbocycles. The van der Waals surface area contributed by atoms with Crippen LogP contribution >= 0.6 is 0 Å². The number of benzene rings is 1. The van der Waals surface area contributed by atoms with Crippen LogP contribution in [0.3, 0.4) is 0 Å². The van der Waals surface area contributed by atoms with E-state index in [2.05, 4.69) is 9.71 Å². The van der Waals surface area contributed by atoms with Crippen LogP contribution < -0.4 is 4.72 Å². The predicted molar refractivity (Wildman–Crippen MR) is 86.3 cm³/mol. The number of aromatic nitrogens is 3. The number of aryl methyl sites for hydroxylation is 2. The second-order valence-electron chi connectivity index (χ2n) is 5.46. The SMILES string of the molecule is Cn1cnc(S(=O)(=O)NCC(O)c2cn(C)c3ccccc23)c1. The minimum Gasteiger partial charge on any atom is -0.387 e. The number of aliphatic hydroxyl groups excluding tert-OH is 1. The Bertz CT molecular complexity index is 943. The Morgan fingerprint density at radius 2 is 2.00 bits per heavy atom. The van der Waals surface area contributed by atoms with Crippen molar-refractivity contribution in [3.05, 3.63) is 48.5 Å². The number of sulfonamides is 1. The lowest BCUT2D eigenvalue weighted by molar-refractivity contribution is 0.183. The van der Waals surface area contributed by atoms with Crippen LogP contribution in [-0.4, -0.2) is 34.2 Å². The van der Waals surface area contributed by atoms with Gasteiger partial charge in [0.25, 0.3) is 10.0 Å². The van der Waals surface area contributed by atoms with Crippen LogP contribution in [0.2, 0.25) is 0 Å². The molecule has 0 amide bonds. The highest BCUT2D eigenvalue weighted by Gasteiger charge is 2.20. The van der Waals surface area contributed by atoms with Gasteiger partial charge in [-0.1, -0.05) is 18.2 Å². The fourth-order valence-electron chi connectivity index (χ4n) is 2.54. The summed E-state index contributed by atoms with van der Waals surface area (Å²) in [7, 11) is -0.161. The molecule has 1 unspecified atom stereocenters. The molecule has 0 aliphatic rings. The summed E-state index contributed by atoms with van der Waals surface area (Å²) in [6.45, 7) is -0.118. The van der Waals surface area contributed by atoms with Crippen molar-refractivity contribution in [2.24, 2.45) is 14.1 Å². The van der Waals surface area contributed by atoms with Crippen molar-refractivity contribution < 1.29 is 13.5 Å². The smallest absolute Gasteiger partial charge is 0.259 e. The molecule has 0 saturated carbocycles. The molecule has 0 fully saturated rings. The van der Waals surface area contributed by atoms with Crippen molar-refractivity contribution in [1.82, 2.24) is 18.8 Å². The number of rotatable bonds is 5. The quantitative estimate of drug-likeness (QED) is 0.726. The Hall–Kier alpha value is -2.16. The first-order valence-corrected chi connectivity index (χ1v) is 8.56. The van der Waals surface area contributed by atoms with E-state index in [0.29, 0.717) is 5.56 Å². The number of hydrogen-bond acceptors (Lipinski definition) is 4. The Labute approximate surface area is 134 Å². The molecule has 1 atom stereocenters. The second-order valence-corrected chi connectivity index (χ2v) is 7.17. The fourth-order valence-corrected chi connectivity index (χ4v) is 3.55. The van der Waals surface area contributed by atoms with E-state index < -0.39 is 16.1 Å². The van der Waals surface area contributed by atoms with Gasteiger partial charge in [0.2, 0.25) is 0 Å². The van der Waals surface area contributed by atoms with E-state index in [9.17, 15) is 13.5 Å². The Morgan fingerprint density at radius 1 is 1.26 bits per heavy atom. The van der Waals surface area contributed by atoms with Crippen molar-refractivity contribution in [1.29, 1.82) is 0 Å². The first kappa shape index (κ1) is 15.7. The highest BCUT2D eigenvalue weighted by molar-refractivity contribution is 7.89. The summed E-state index contributed by atoms with van der Waals surface area (Å²) in [5, 5.41) is 11.2. The number of hydrogen-bond donors (Lipinski definition) is 2. The molecule has 3 rings (SSSR count). The fraction of sp³-hybridized carbons (Fsp3) is 0.267. The van der Waals surface area contributed by atoms with Gasteiger partial charge in [0.05, 0.1) is 12.4 Å². The van der Waals surface area contributed by atoms with Crippen LogP contribution in [-0.2, 0) is 24.1 Å². The average Bonchev–Trinajstić information content (AvgIpc) is 3.10. The van der Waals surface area contributed by atoms with Gasteiger partial charge in [0, 0.05) is 49.5 Å². The van der Waals surface area contributed by atoms with Crippen molar-refractivity contribution in [2.45, 2.75) is 11.1 Å². The molecule has 0 aliphatic heterocycles. The lowest BCUT2D eigenvalue weighted by atomic mass is 10.1. The van der Waals surface area contributed by atoms with Gasteiger partial charge in [0.15, 0.2) is 5.03 Å². The van der Waals surface area contributed by atoms with E-state index in [1.54, 1.807) is 11.6 Å². The maximum absolute atomic E-state index is 12.1. The first-order chi connectivity index (χ1) is 10.9. The van der Waals surface area contributed by atoms with E-state index in [4.69, 9.17) is 0 Å². The van der Waals surface area contributed by atoms with Gasteiger partial charge in [-0.25, -0.2) is 18.1 Å². The number of nitrogens with one attached hydrogen (secondary N) is 1. The molecule has 2 N–H and O–H groups in total. The van der Waals surface area contributed by atoms with Gasteiger partial charge in [-0.15, -0.1) is 0 Å². The summed E-state index contributed by atoms with van der Waals surface area (Å²) in [6.07, 6.45) is 3.69. The zero-order valence-corrected chi connectivity index (χ0v) is 13.7. The van der Waals surface area contributed by atoms with E-state index in [1.807, 2.05) is 42.1 Å². The highest BCUT2D eigenvalue weighted by atomic mass is 32.2. The summed E-state index contributed by atoms with van der Waals surface area (Å²) in [4.78, 5) is 3.82. The third kappa shape index (κ3) is 3.00. The number of nitrogens with zero attached hydrogens (tertiary/aromatic N) is 3. The molecule has 8 heteroatoms. The van der Waals surface area contributed by atoms with E-state index in [-0.39, 0.29) is 11.6 Å². The zero-order chi connectivity index (χ0) is 16.6. The Kier molecular flexibility index (Phi) is 3.97. The molecular formula is C15H18N4O3S. The van der Waals surface area contributed by atoms with Gasteiger partial charge >= 0.3 is 0 Å². The molecular weight excluding hydrogens is 316 g/mol. The summed E-state index contributed by atoms with van der Waals surface area (Å²) >= 11 is 0. The van der Waals surface area contributed by atoms with Crippen LogP contribution in [0.5, 0.6) is 0 Å². The van der Waals surface area contributed by atoms with Gasteiger partial charge in [0.1, 0.15) is 0 Å². The van der Waals surface area contributed by atoms with E-state index in [1.165, 1.54) is 12.5 Å². The standard InChI is InChI=1S/C15H18N4O3S/c1-18-9-15(16-10-18)23(21,22)17-7-14(20)12-8-19(2)13-6-4-3-5-11(12)13/h3-6,8-10,14,17,20H,7H2,1-2H3. The number of fused-ring (bicyclic) bond motifs is 1. The summed E-state index contributed by atoms with van der Waals surface area (Å²) in [5.74, 6) is 0. The molecule has 23 heavy (non-hydrogen) atoms. The monoisotopic (exact) mass is 334 g/mol. The number of para-hydroxylation sites is 1. The average molecular weight is 334 g/mol. The van der Waals surface area contributed by atoms with Crippen molar-refractivity contribution >= 4 is 20.9 Å². The van der Waals surface area contributed by atoms with Crippen molar-refractivity contribution in [2.75, 3.05) is 6.54 Å². The maximum Gasteiger partial charge on any atom is 0.259 e. The Balaban J connectivity index is 1.80. The summed E-state index contributed by atoms with van der Waals surface area (Å²) in [6, 6.07) is 7.66. The number of aliphatic hydroxyl groups is 1. The molecule has 3 aromatic rings. The largest absolute Gasteiger partial charge is 0.387 e. The van der Waals surface area contributed by atoms with Gasteiger partial charge in [-0.05, 0) is 6.07 Å². The second kappa shape index (κ2) is 5.80. The first-order valence-electron chi connectivity index (χ1n) is 7.08. The normalized spacial score (nSPS) is 13.5. The minimum absolute atomic E-state index is 0.0647. The molecule has 2 aromatic heterocycles. The molecule has 2 heterocycles. The van der Waals surface area contributed by atoms with Gasteiger partial charge in [-0.2, -0.15) is 0 Å². The third-order valence-electron chi connectivity index (χ3n) is 3.71. The van der Waals surface area contributed by atoms with Gasteiger partial charge < -0.3 is 14.2 Å². The highest BCUT2D eigenvalue weighted by Crippen LogP contribution is 2.25.